The Morgan fingerprint density at radius 3 is 2.08 bits per heavy atom. The number of hydrogen-bond acceptors (Lipinski definition) is 6. The number of benzene rings is 2. The number of hydrazone groups is 1. The molecule has 0 amide bonds. The fraction of sp³-hybridized carbons (Fsp3) is 0.500. The van der Waals surface area contributed by atoms with E-state index in [9.17, 15) is 0 Å². The summed E-state index contributed by atoms with van der Waals surface area (Å²) in [6.45, 7) is 5.93. The molecule has 0 radical (unpaired) electrons. The zero-order chi connectivity index (χ0) is 26.7. The van der Waals surface area contributed by atoms with E-state index in [0.29, 0.717) is 6.61 Å². The average Bonchev–Trinajstić information content (AvgIpc) is 3.42. The summed E-state index contributed by atoms with van der Waals surface area (Å²) in [6.07, 6.45) is 16.8. The summed E-state index contributed by atoms with van der Waals surface area (Å²) in [7, 11) is 0. The van der Waals surface area contributed by atoms with Crippen molar-refractivity contribution in [1.82, 2.24) is 4.98 Å². The molecule has 1 aromatic heterocycles. The standard InChI is InChI=1S/C32H45N3O2S/c1-3-5-7-9-11-16-22-36-30-21-20-27(24-31(30)37-23-17-12-10-8-6-4-2)25-33-35-32-34-29(26-38-32)28-18-14-13-15-19-28/h13-15,18-21,24-26H,3-12,16-17,22-23H2,1-2H3,(H,34,35). The number of ether oxygens (including phenoxy) is 2. The molecule has 0 saturated heterocycles. The average molecular weight is 536 g/mol. The minimum atomic E-state index is 0.708. The van der Waals surface area contributed by atoms with Crippen LogP contribution in [0.1, 0.15) is 96.5 Å². The summed E-state index contributed by atoms with van der Waals surface area (Å²) in [5.74, 6) is 1.62. The molecular weight excluding hydrogens is 490 g/mol. The lowest BCUT2D eigenvalue weighted by molar-refractivity contribution is 0.258. The van der Waals surface area contributed by atoms with Crippen molar-refractivity contribution >= 4 is 22.7 Å². The van der Waals surface area contributed by atoms with E-state index in [0.717, 1.165) is 52.9 Å². The van der Waals surface area contributed by atoms with Crippen LogP contribution in [-0.2, 0) is 0 Å². The van der Waals surface area contributed by atoms with Gasteiger partial charge in [-0.3, -0.25) is 5.43 Å². The predicted octanol–water partition coefficient (Wildman–Crippen LogP) is 9.73. The summed E-state index contributed by atoms with van der Waals surface area (Å²) in [5.41, 5.74) is 6.07. The Balaban J connectivity index is 1.54. The van der Waals surface area contributed by atoms with Crippen LogP contribution in [0.15, 0.2) is 59.0 Å². The number of hydrogen-bond donors (Lipinski definition) is 1. The Hall–Kier alpha value is -2.86. The summed E-state index contributed by atoms with van der Waals surface area (Å²) in [6, 6.07) is 16.2. The predicted molar refractivity (Wildman–Crippen MR) is 163 cm³/mol. The van der Waals surface area contributed by atoms with Crippen molar-refractivity contribution in [2.45, 2.75) is 90.9 Å². The maximum atomic E-state index is 6.19. The summed E-state index contributed by atoms with van der Waals surface area (Å²) >= 11 is 1.54. The molecule has 0 aliphatic carbocycles. The fourth-order valence-corrected chi connectivity index (χ4v) is 4.86. The number of nitrogens with zero attached hydrogens (tertiary/aromatic N) is 2. The molecule has 2 aromatic carbocycles. The molecule has 5 nitrogen and oxygen atoms in total. The second kappa shape index (κ2) is 18.4. The van der Waals surface area contributed by atoms with Gasteiger partial charge in [0.2, 0.25) is 5.13 Å². The molecule has 1 N–H and O–H groups in total. The van der Waals surface area contributed by atoms with E-state index in [1.54, 1.807) is 17.6 Å². The van der Waals surface area contributed by atoms with Gasteiger partial charge in [-0.2, -0.15) is 5.10 Å². The van der Waals surface area contributed by atoms with E-state index in [1.165, 1.54) is 64.2 Å². The highest BCUT2D eigenvalue weighted by molar-refractivity contribution is 7.14. The SMILES string of the molecule is CCCCCCCCOc1ccc(C=NNc2nc(-c3ccccc3)cs2)cc1OCCCCCCCC. The van der Waals surface area contributed by atoms with E-state index in [4.69, 9.17) is 9.47 Å². The van der Waals surface area contributed by atoms with Gasteiger partial charge in [0.05, 0.1) is 25.1 Å². The van der Waals surface area contributed by atoms with Crippen LogP contribution in [0.25, 0.3) is 11.3 Å². The molecule has 0 fully saturated rings. The van der Waals surface area contributed by atoms with E-state index >= 15 is 0 Å². The van der Waals surface area contributed by atoms with Crippen molar-refractivity contribution in [2.24, 2.45) is 5.10 Å². The van der Waals surface area contributed by atoms with Gasteiger partial charge < -0.3 is 9.47 Å². The number of anilines is 1. The van der Waals surface area contributed by atoms with Gasteiger partial charge in [-0.1, -0.05) is 108 Å². The number of unbranched alkanes of at least 4 members (excludes halogenated alkanes) is 10. The maximum absolute atomic E-state index is 6.19. The Morgan fingerprint density at radius 1 is 0.763 bits per heavy atom. The number of rotatable bonds is 20. The van der Waals surface area contributed by atoms with Crippen molar-refractivity contribution in [2.75, 3.05) is 18.6 Å². The lowest BCUT2D eigenvalue weighted by atomic mass is 10.1. The molecule has 0 unspecified atom stereocenters. The molecule has 1 heterocycles. The first kappa shape index (κ1) is 29.7. The minimum Gasteiger partial charge on any atom is -0.490 e. The highest BCUT2D eigenvalue weighted by Gasteiger charge is 2.08. The van der Waals surface area contributed by atoms with Crippen LogP contribution < -0.4 is 14.9 Å². The molecule has 6 heteroatoms. The maximum Gasteiger partial charge on any atom is 0.203 e. The lowest BCUT2D eigenvalue weighted by Crippen LogP contribution is -2.03. The molecule has 206 valence electrons. The van der Waals surface area contributed by atoms with Crippen molar-refractivity contribution < 1.29 is 9.47 Å². The fourth-order valence-electron chi connectivity index (χ4n) is 4.19. The number of thiazole rings is 1. The van der Waals surface area contributed by atoms with Crippen molar-refractivity contribution in [3.05, 3.63) is 59.5 Å². The molecule has 0 aliphatic rings. The third kappa shape index (κ3) is 11.3. The monoisotopic (exact) mass is 535 g/mol. The first-order chi connectivity index (χ1) is 18.8. The van der Waals surface area contributed by atoms with Gasteiger partial charge >= 0.3 is 0 Å². The van der Waals surface area contributed by atoms with Crippen LogP contribution >= 0.6 is 11.3 Å². The van der Waals surface area contributed by atoms with E-state index in [-0.39, 0.29) is 0 Å². The molecule has 0 atom stereocenters. The normalized spacial score (nSPS) is 11.2. The third-order valence-electron chi connectivity index (χ3n) is 6.43. The van der Waals surface area contributed by atoms with Gasteiger partial charge in [-0.25, -0.2) is 4.98 Å². The third-order valence-corrected chi connectivity index (χ3v) is 7.17. The van der Waals surface area contributed by atoms with Crippen LogP contribution in [0.2, 0.25) is 0 Å². The lowest BCUT2D eigenvalue weighted by Gasteiger charge is -2.14. The van der Waals surface area contributed by atoms with Crippen molar-refractivity contribution in [1.29, 1.82) is 0 Å². The van der Waals surface area contributed by atoms with Crippen molar-refractivity contribution in [3.63, 3.8) is 0 Å². The van der Waals surface area contributed by atoms with Crippen LogP contribution in [-0.4, -0.2) is 24.4 Å². The Bertz CT molecular complexity index is 1050. The van der Waals surface area contributed by atoms with Crippen LogP contribution in [0.5, 0.6) is 11.5 Å². The van der Waals surface area contributed by atoms with Crippen molar-refractivity contribution in [3.8, 4) is 22.8 Å². The van der Waals surface area contributed by atoms with Crippen LogP contribution in [0.3, 0.4) is 0 Å². The van der Waals surface area contributed by atoms with E-state index in [2.05, 4.69) is 41.5 Å². The van der Waals surface area contributed by atoms with Gasteiger partial charge in [-0.15, -0.1) is 11.3 Å². The highest BCUT2D eigenvalue weighted by atomic mass is 32.1. The second-order valence-electron chi connectivity index (χ2n) is 9.71. The van der Waals surface area contributed by atoms with Gasteiger partial charge in [-0.05, 0) is 36.6 Å². The van der Waals surface area contributed by atoms with Crippen LogP contribution in [0.4, 0.5) is 5.13 Å². The summed E-state index contributed by atoms with van der Waals surface area (Å²) < 4.78 is 12.3. The topological polar surface area (TPSA) is 55.7 Å². The first-order valence-electron chi connectivity index (χ1n) is 14.5. The summed E-state index contributed by atoms with van der Waals surface area (Å²) in [4.78, 5) is 4.63. The molecule has 0 aliphatic heterocycles. The Morgan fingerprint density at radius 2 is 1.39 bits per heavy atom. The van der Waals surface area contributed by atoms with Gasteiger partial charge in [0.25, 0.3) is 0 Å². The molecule has 0 spiro atoms. The summed E-state index contributed by atoms with van der Waals surface area (Å²) in [5, 5.41) is 7.22. The first-order valence-corrected chi connectivity index (χ1v) is 15.4. The molecule has 0 saturated carbocycles. The highest BCUT2D eigenvalue weighted by Crippen LogP contribution is 2.29. The molecular formula is C32H45N3O2S. The minimum absolute atomic E-state index is 0.708. The number of aromatic nitrogens is 1. The quantitative estimate of drug-likeness (QED) is 0.0888. The smallest absolute Gasteiger partial charge is 0.203 e. The second-order valence-corrected chi connectivity index (χ2v) is 10.6. The Kier molecular flexibility index (Phi) is 14.4. The zero-order valence-corrected chi connectivity index (χ0v) is 24.1. The Labute approximate surface area is 233 Å². The number of nitrogens with one attached hydrogen (secondary N) is 1. The molecule has 3 aromatic rings. The van der Waals surface area contributed by atoms with Crippen LogP contribution in [0, 0.1) is 0 Å². The van der Waals surface area contributed by atoms with Gasteiger partial charge in [0.1, 0.15) is 0 Å². The van der Waals surface area contributed by atoms with E-state index < -0.39 is 0 Å². The largest absolute Gasteiger partial charge is 0.490 e. The zero-order valence-electron chi connectivity index (χ0n) is 23.3. The molecule has 0 bridgehead atoms. The molecule has 38 heavy (non-hydrogen) atoms. The van der Waals surface area contributed by atoms with E-state index in [1.807, 2.05) is 41.8 Å². The van der Waals surface area contributed by atoms with Gasteiger partial charge in [0, 0.05) is 10.9 Å². The molecule has 3 rings (SSSR count). The van der Waals surface area contributed by atoms with Gasteiger partial charge in [0.15, 0.2) is 11.5 Å².